The summed E-state index contributed by atoms with van der Waals surface area (Å²) < 4.78 is 2.04. The zero-order valence-corrected chi connectivity index (χ0v) is 13.6. The molecule has 1 aliphatic carbocycles. The third-order valence-corrected chi connectivity index (χ3v) is 5.24. The Kier molecular flexibility index (Phi) is 4.96. The van der Waals surface area contributed by atoms with E-state index in [1.165, 1.54) is 44.2 Å². The van der Waals surface area contributed by atoms with Crippen molar-refractivity contribution >= 4 is 0 Å². The Morgan fingerprint density at radius 1 is 1.29 bits per heavy atom. The van der Waals surface area contributed by atoms with Gasteiger partial charge in [0.1, 0.15) is 0 Å². The Bertz CT molecular complexity index is 436. The van der Waals surface area contributed by atoms with Gasteiger partial charge in [-0.2, -0.15) is 5.10 Å². The van der Waals surface area contributed by atoms with Gasteiger partial charge in [0.05, 0.1) is 6.20 Å². The summed E-state index contributed by atoms with van der Waals surface area (Å²) in [7, 11) is 0. The van der Waals surface area contributed by atoms with Crippen LogP contribution < -0.4 is 5.32 Å². The van der Waals surface area contributed by atoms with Crippen molar-refractivity contribution in [2.75, 3.05) is 13.1 Å². The Balaban J connectivity index is 1.68. The van der Waals surface area contributed by atoms with Gasteiger partial charge >= 0.3 is 0 Å². The van der Waals surface area contributed by atoms with Gasteiger partial charge in [-0.25, -0.2) is 0 Å². The number of hydrogen-bond donors (Lipinski definition) is 1. The molecule has 2 unspecified atom stereocenters. The SMILES string of the molecule is CCn1cc(CN2CC(C)NCC2C2CCCCC2)cn1. The predicted octanol–water partition coefficient (Wildman–Crippen LogP) is 2.65. The molecule has 21 heavy (non-hydrogen) atoms. The van der Waals surface area contributed by atoms with Gasteiger partial charge < -0.3 is 5.32 Å². The number of nitrogens with one attached hydrogen (secondary N) is 1. The van der Waals surface area contributed by atoms with Crippen LogP contribution in [-0.2, 0) is 13.1 Å². The molecule has 0 spiro atoms. The Morgan fingerprint density at radius 3 is 2.81 bits per heavy atom. The van der Waals surface area contributed by atoms with Crippen molar-refractivity contribution < 1.29 is 0 Å². The van der Waals surface area contributed by atoms with Crippen LogP contribution in [-0.4, -0.2) is 39.9 Å². The van der Waals surface area contributed by atoms with Crippen LogP contribution in [0.3, 0.4) is 0 Å². The predicted molar refractivity (Wildman–Crippen MR) is 86.1 cm³/mol. The molecule has 0 aromatic carbocycles. The Morgan fingerprint density at radius 2 is 2.10 bits per heavy atom. The highest BCUT2D eigenvalue weighted by Crippen LogP contribution is 2.30. The average Bonchev–Trinajstić information content (AvgIpc) is 2.96. The number of rotatable bonds is 4. The van der Waals surface area contributed by atoms with Crippen molar-refractivity contribution in [1.29, 1.82) is 0 Å². The first-order valence-corrected chi connectivity index (χ1v) is 8.75. The maximum atomic E-state index is 4.43. The summed E-state index contributed by atoms with van der Waals surface area (Å²) >= 11 is 0. The summed E-state index contributed by atoms with van der Waals surface area (Å²) in [6.07, 6.45) is 11.4. The zero-order valence-electron chi connectivity index (χ0n) is 13.6. The van der Waals surface area contributed by atoms with Crippen LogP contribution in [0, 0.1) is 5.92 Å². The minimum atomic E-state index is 0.603. The fourth-order valence-electron chi connectivity index (χ4n) is 4.06. The summed E-state index contributed by atoms with van der Waals surface area (Å²) in [5.41, 5.74) is 1.37. The van der Waals surface area contributed by atoms with Crippen molar-refractivity contribution in [1.82, 2.24) is 20.0 Å². The van der Waals surface area contributed by atoms with Crippen molar-refractivity contribution in [3.05, 3.63) is 18.0 Å². The third-order valence-electron chi connectivity index (χ3n) is 5.24. The summed E-state index contributed by atoms with van der Waals surface area (Å²) in [4.78, 5) is 2.72. The minimum absolute atomic E-state index is 0.603. The highest BCUT2D eigenvalue weighted by atomic mass is 15.3. The lowest BCUT2D eigenvalue weighted by atomic mass is 9.82. The largest absolute Gasteiger partial charge is 0.311 e. The summed E-state index contributed by atoms with van der Waals surface area (Å²) in [5.74, 6) is 0.889. The van der Waals surface area contributed by atoms with E-state index in [9.17, 15) is 0 Å². The summed E-state index contributed by atoms with van der Waals surface area (Å²) in [6, 6.07) is 1.32. The first-order chi connectivity index (χ1) is 10.3. The monoisotopic (exact) mass is 290 g/mol. The summed E-state index contributed by atoms with van der Waals surface area (Å²) in [5, 5.41) is 8.13. The van der Waals surface area contributed by atoms with Gasteiger partial charge in [-0.05, 0) is 32.6 Å². The van der Waals surface area contributed by atoms with Gasteiger partial charge in [-0.3, -0.25) is 9.58 Å². The molecule has 3 rings (SSSR count). The molecular weight excluding hydrogens is 260 g/mol. The molecule has 2 fully saturated rings. The summed E-state index contributed by atoms with van der Waals surface area (Å²) in [6.45, 7) is 8.80. The van der Waals surface area contributed by atoms with E-state index in [1.807, 2.05) is 10.9 Å². The molecule has 118 valence electrons. The normalized spacial score (nSPS) is 28.9. The molecule has 0 amide bonds. The van der Waals surface area contributed by atoms with Gasteiger partial charge in [0.2, 0.25) is 0 Å². The molecule has 2 atom stereocenters. The smallest absolute Gasteiger partial charge is 0.0534 e. The first-order valence-electron chi connectivity index (χ1n) is 8.75. The molecule has 1 aromatic heterocycles. The average molecular weight is 290 g/mol. The molecule has 4 nitrogen and oxygen atoms in total. The van der Waals surface area contributed by atoms with Crippen molar-refractivity contribution in [2.24, 2.45) is 5.92 Å². The lowest BCUT2D eigenvalue weighted by Gasteiger charge is -2.44. The molecule has 4 heteroatoms. The van der Waals surface area contributed by atoms with E-state index in [0.717, 1.165) is 25.6 Å². The maximum absolute atomic E-state index is 4.43. The van der Waals surface area contributed by atoms with Gasteiger partial charge in [0, 0.05) is 50.0 Å². The van der Waals surface area contributed by atoms with Crippen LogP contribution in [0.2, 0.25) is 0 Å². The maximum Gasteiger partial charge on any atom is 0.0534 e. The quantitative estimate of drug-likeness (QED) is 0.925. The van der Waals surface area contributed by atoms with Crippen LogP contribution in [0.4, 0.5) is 0 Å². The lowest BCUT2D eigenvalue weighted by molar-refractivity contribution is 0.0689. The van der Waals surface area contributed by atoms with E-state index >= 15 is 0 Å². The van der Waals surface area contributed by atoms with Crippen LogP contribution in [0.5, 0.6) is 0 Å². The van der Waals surface area contributed by atoms with E-state index in [2.05, 4.69) is 35.4 Å². The minimum Gasteiger partial charge on any atom is -0.311 e. The van der Waals surface area contributed by atoms with Gasteiger partial charge in [-0.1, -0.05) is 19.3 Å². The number of piperazine rings is 1. The fraction of sp³-hybridized carbons (Fsp3) is 0.824. The fourth-order valence-corrected chi connectivity index (χ4v) is 4.06. The highest BCUT2D eigenvalue weighted by Gasteiger charge is 2.32. The van der Waals surface area contributed by atoms with Crippen LogP contribution in [0.15, 0.2) is 12.4 Å². The molecule has 1 saturated heterocycles. The van der Waals surface area contributed by atoms with Crippen LogP contribution >= 0.6 is 0 Å². The van der Waals surface area contributed by atoms with E-state index in [-0.39, 0.29) is 0 Å². The Labute approximate surface area is 128 Å². The number of hydrogen-bond acceptors (Lipinski definition) is 3. The second kappa shape index (κ2) is 6.93. The molecule has 1 saturated carbocycles. The van der Waals surface area contributed by atoms with Crippen molar-refractivity contribution in [3.8, 4) is 0 Å². The molecular formula is C17H30N4. The Hall–Kier alpha value is -0.870. The topological polar surface area (TPSA) is 33.1 Å². The van der Waals surface area contributed by atoms with Gasteiger partial charge in [0.15, 0.2) is 0 Å². The number of nitrogens with zero attached hydrogens (tertiary/aromatic N) is 3. The first kappa shape index (κ1) is 15.0. The van der Waals surface area contributed by atoms with E-state index in [0.29, 0.717) is 12.1 Å². The van der Waals surface area contributed by atoms with E-state index < -0.39 is 0 Å². The standard InChI is InChI=1S/C17H30N4/c1-3-21-13-15(9-19-21)12-20-11-14(2)18-10-17(20)16-7-5-4-6-8-16/h9,13-14,16-18H,3-8,10-12H2,1-2H3. The second-order valence-corrected chi connectivity index (χ2v) is 6.91. The second-order valence-electron chi connectivity index (χ2n) is 6.91. The number of aryl methyl sites for hydroxylation is 1. The van der Waals surface area contributed by atoms with E-state index in [1.54, 1.807) is 0 Å². The van der Waals surface area contributed by atoms with Crippen molar-refractivity contribution in [3.63, 3.8) is 0 Å². The molecule has 0 radical (unpaired) electrons. The molecule has 0 bridgehead atoms. The highest BCUT2D eigenvalue weighted by molar-refractivity contribution is 5.05. The molecule has 1 aromatic rings. The van der Waals surface area contributed by atoms with Crippen LogP contribution in [0.1, 0.15) is 51.5 Å². The number of aromatic nitrogens is 2. The van der Waals surface area contributed by atoms with Gasteiger partial charge in [-0.15, -0.1) is 0 Å². The lowest BCUT2D eigenvalue weighted by Crippen LogP contribution is -2.57. The third kappa shape index (κ3) is 3.67. The molecule has 1 N–H and O–H groups in total. The zero-order chi connectivity index (χ0) is 14.7. The van der Waals surface area contributed by atoms with Crippen molar-refractivity contribution in [2.45, 2.75) is 71.1 Å². The van der Waals surface area contributed by atoms with E-state index in [4.69, 9.17) is 0 Å². The van der Waals surface area contributed by atoms with Crippen LogP contribution in [0.25, 0.3) is 0 Å². The molecule has 2 aliphatic rings. The van der Waals surface area contributed by atoms with Gasteiger partial charge in [0.25, 0.3) is 0 Å². The molecule has 1 aliphatic heterocycles. The molecule has 2 heterocycles.